The number of carbonyl (C=O) groups excluding carboxylic acids is 1. The van der Waals surface area contributed by atoms with Gasteiger partial charge in [0.15, 0.2) is 5.78 Å². The van der Waals surface area contributed by atoms with Gasteiger partial charge >= 0.3 is 0 Å². The number of hydrogen-bond donors (Lipinski definition) is 0. The summed E-state index contributed by atoms with van der Waals surface area (Å²) in [4.78, 5) is 10.7. The highest BCUT2D eigenvalue weighted by Gasteiger charge is 2.01. The van der Waals surface area contributed by atoms with Crippen molar-refractivity contribution in [2.24, 2.45) is 0 Å². The zero-order chi connectivity index (χ0) is 7.28. The van der Waals surface area contributed by atoms with Crippen LogP contribution in [0.5, 0.6) is 0 Å². The molecule has 0 heterocycles. The summed E-state index contributed by atoms with van der Waals surface area (Å²) in [6.45, 7) is 5.51. The maximum Gasteiger partial charge on any atom is 0.173 e. The molecule has 1 nitrogen and oxygen atoms in total. The van der Waals surface area contributed by atoms with Crippen LogP contribution in [0, 0.1) is 0 Å². The van der Waals surface area contributed by atoms with E-state index in [1.165, 1.54) is 0 Å². The molecule has 0 aromatic heterocycles. The highest BCUT2D eigenvalue weighted by Crippen LogP contribution is 2.03. The van der Waals surface area contributed by atoms with Crippen molar-refractivity contribution in [3.05, 3.63) is 11.6 Å². The van der Waals surface area contributed by atoms with Gasteiger partial charge in [-0.15, -0.1) is 0 Å². The summed E-state index contributed by atoms with van der Waals surface area (Å²) < 4.78 is 0. The average Bonchev–Trinajstić information content (AvgIpc) is 1.82. The Kier molecular flexibility index (Phi) is 4.72. The average molecular weight is 163 g/mol. The molecule has 0 aliphatic carbocycles. The second kappa shape index (κ2) is 4.76. The van der Waals surface area contributed by atoms with Gasteiger partial charge in [0, 0.05) is 15.9 Å². The molecule has 0 bridgehead atoms. The molecule has 0 unspecified atom stereocenters. The van der Waals surface area contributed by atoms with Crippen LogP contribution in [0.25, 0.3) is 0 Å². The normalized spacial score (nSPS) is 10.4. The van der Waals surface area contributed by atoms with Crippen LogP contribution < -0.4 is 0 Å². The Morgan fingerprint density at radius 3 is 2.67 bits per heavy atom. The van der Waals surface area contributed by atoms with Gasteiger partial charge in [-0.25, -0.2) is 0 Å². The van der Waals surface area contributed by atoms with Gasteiger partial charge in [0.1, 0.15) is 0 Å². The molecule has 0 spiro atoms. The highest BCUT2D eigenvalue weighted by molar-refractivity contribution is 6.43. The zero-order valence-electron chi connectivity index (χ0n) is 5.61. The first-order valence-electron chi connectivity index (χ1n) is 3.06. The maximum absolute atomic E-state index is 10.7. The summed E-state index contributed by atoms with van der Waals surface area (Å²) in [6.07, 6.45) is 0.602. The lowest BCUT2D eigenvalue weighted by Gasteiger charge is -1.92. The van der Waals surface area contributed by atoms with Crippen molar-refractivity contribution in [3.8, 4) is 0 Å². The number of Topliss-reactive ketones (excluding diaryl/α,β-unsaturated/α-hetero) is 1. The standard InChI is InChI=1S/C6H11ClOSi/c1-5(7)6(8)3-4-9-2/h1,3-4,9H2,2H3. The van der Waals surface area contributed by atoms with E-state index in [1.54, 1.807) is 0 Å². The van der Waals surface area contributed by atoms with Crippen LogP contribution in [0.3, 0.4) is 0 Å². The molecule has 3 heteroatoms. The van der Waals surface area contributed by atoms with Crippen LogP contribution in [0.2, 0.25) is 12.6 Å². The van der Waals surface area contributed by atoms with Gasteiger partial charge in [0.2, 0.25) is 0 Å². The van der Waals surface area contributed by atoms with Crippen molar-refractivity contribution >= 4 is 26.9 Å². The van der Waals surface area contributed by atoms with E-state index in [1.807, 2.05) is 0 Å². The molecule has 0 radical (unpaired) electrons. The molecule has 0 saturated carbocycles. The maximum atomic E-state index is 10.7. The molecular formula is C6H11ClOSi. The molecule has 0 atom stereocenters. The van der Waals surface area contributed by atoms with Crippen molar-refractivity contribution in [2.45, 2.75) is 19.0 Å². The topological polar surface area (TPSA) is 17.1 Å². The lowest BCUT2D eigenvalue weighted by atomic mass is 10.3. The van der Waals surface area contributed by atoms with Crippen LogP contribution in [-0.4, -0.2) is 15.3 Å². The van der Waals surface area contributed by atoms with E-state index in [2.05, 4.69) is 13.1 Å². The second-order valence-corrected chi connectivity index (χ2v) is 4.09. The minimum absolute atomic E-state index is 0.00557. The van der Waals surface area contributed by atoms with Crippen molar-refractivity contribution in [3.63, 3.8) is 0 Å². The summed E-state index contributed by atoms with van der Waals surface area (Å²) in [6, 6.07) is 1.05. The quantitative estimate of drug-likeness (QED) is 0.451. The zero-order valence-corrected chi connectivity index (χ0v) is 7.78. The molecule has 0 rings (SSSR count). The van der Waals surface area contributed by atoms with Crippen molar-refractivity contribution in [1.82, 2.24) is 0 Å². The Labute approximate surface area is 62.9 Å². The minimum Gasteiger partial charge on any atom is -0.293 e. The molecule has 0 amide bonds. The van der Waals surface area contributed by atoms with Crippen LogP contribution in [0.4, 0.5) is 0 Å². The minimum atomic E-state index is 0.00557. The summed E-state index contributed by atoms with van der Waals surface area (Å²) >= 11 is 5.34. The number of carbonyl (C=O) groups is 1. The fourth-order valence-corrected chi connectivity index (χ4v) is 1.24. The Morgan fingerprint density at radius 1 is 1.78 bits per heavy atom. The van der Waals surface area contributed by atoms with Crippen molar-refractivity contribution in [2.75, 3.05) is 0 Å². The van der Waals surface area contributed by atoms with Gasteiger partial charge < -0.3 is 0 Å². The summed E-state index contributed by atoms with van der Waals surface area (Å²) in [5, 5.41) is 0.178. The molecular weight excluding hydrogens is 152 g/mol. The van der Waals surface area contributed by atoms with Gasteiger partial charge in [-0.05, 0) is 0 Å². The molecule has 0 aliphatic heterocycles. The van der Waals surface area contributed by atoms with Crippen LogP contribution in [0.1, 0.15) is 6.42 Å². The Hall–Kier alpha value is -0.0831. The van der Waals surface area contributed by atoms with Crippen LogP contribution in [-0.2, 0) is 4.79 Å². The molecule has 0 N–H and O–H groups in total. The van der Waals surface area contributed by atoms with Crippen molar-refractivity contribution < 1.29 is 4.79 Å². The Balaban J connectivity index is 3.39. The largest absolute Gasteiger partial charge is 0.293 e. The first kappa shape index (κ1) is 8.92. The third-order valence-electron chi connectivity index (χ3n) is 1.06. The van der Waals surface area contributed by atoms with Gasteiger partial charge in [-0.1, -0.05) is 30.8 Å². The summed E-state index contributed by atoms with van der Waals surface area (Å²) in [5.74, 6) is 0.00557. The summed E-state index contributed by atoms with van der Waals surface area (Å²) in [7, 11) is 0.0186. The smallest absolute Gasteiger partial charge is 0.173 e. The fourth-order valence-electron chi connectivity index (χ4n) is 0.473. The molecule has 9 heavy (non-hydrogen) atoms. The number of hydrogen-bond acceptors (Lipinski definition) is 1. The van der Waals surface area contributed by atoms with E-state index in [4.69, 9.17) is 11.6 Å². The van der Waals surface area contributed by atoms with Gasteiger partial charge in [0.05, 0.1) is 5.03 Å². The third-order valence-corrected chi connectivity index (χ3v) is 2.33. The van der Waals surface area contributed by atoms with Crippen LogP contribution in [0.15, 0.2) is 11.6 Å². The predicted molar refractivity (Wildman–Crippen MR) is 43.8 cm³/mol. The van der Waals surface area contributed by atoms with E-state index < -0.39 is 0 Å². The van der Waals surface area contributed by atoms with Gasteiger partial charge in [-0.2, -0.15) is 0 Å². The number of allylic oxidation sites excluding steroid dienone is 1. The number of halogens is 1. The molecule has 52 valence electrons. The molecule has 0 aromatic rings. The SMILES string of the molecule is C=C(Cl)C(=O)CC[SiH2]C. The second-order valence-electron chi connectivity index (χ2n) is 1.93. The van der Waals surface area contributed by atoms with E-state index in [-0.39, 0.29) is 20.3 Å². The Morgan fingerprint density at radius 2 is 2.33 bits per heavy atom. The van der Waals surface area contributed by atoms with E-state index in [9.17, 15) is 4.79 Å². The monoisotopic (exact) mass is 162 g/mol. The van der Waals surface area contributed by atoms with Gasteiger partial charge in [-0.3, -0.25) is 4.79 Å². The highest BCUT2D eigenvalue weighted by atomic mass is 35.5. The third kappa shape index (κ3) is 4.42. The first-order valence-corrected chi connectivity index (χ1v) is 5.85. The molecule has 0 saturated heterocycles. The van der Waals surface area contributed by atoms with Crippen molar-refractivity contribution in [1.29, 1.82) is 0 Å². The lowest BCUT2D eigenvalue weighted by molar-refractivity contribution is -0.114. The van der Waals surface area contributed by atoms with Gasteiger partial charge in [0.25, 0.3) is 0 Å². The first-order chi connectivity index (χ1) is 4.18. The lowest BCUT2D eigenvalue weighted by Crippen LogP contribution is -1.96. The molecule has 0 aliphatic rings. The molecule has 0 fully saturated rings. The Bertz CT molecular complexity index is 122. The van der Waals surface area contributed by atoms with E-state index in [0.717, 1.165) is 6.04 Å². The van der Waals surface area contributed by atoms with Crippen LogP contribution >= 0.6 is 11.6 Å². The fraction of sp³-hybridized carbons (Fsp3) is 0.500. The number of rotatable bonds is 4. The summed E-state index contributed by atoms with van der Waals surface area (Å²) in [5.41, 5.74) is 0. The van der Waals surface area contributed by atoms with E-state index in [0.29, 0.717) is 6.42 Å². The predicted octanol–water partition coefficient (Wildman–Crippen LogP) is 1.33. The molecule has 0 aromatic carbocycles. The van der Waals surface area contributed by atoms with E-state index >= 15 is 0 Å². The number of ketones is 1.